The number of ether oxygens (including phenoxy) is 1. The van der Waals surface area contributed by atoms with Crippen molar-refractivity contribution in [3.63, 3.8) is 0 Å². The molecule has 2 aliphatic rings. The molecule has 1 aromatic carbocycles. The van der Waals surface area contributed by atoms with Crippen LogP contribution in [-0.2, 0) is 14.3 Å². The normalized spacial score (nSPS) is 23.9. The number of nitrogens with zero attached hydrogens (tertiary/aromatic N) is 2. The molecule has 148 valence electrons. The number of benzene rings is 1. The van der Waals surface area contributed by atoms with Crippen molar-refractivity contribution in [3.8, 4) is 0 Å². The third-order valence-electron chi connectivity index (χ3n) is 5.37. The van der Waals surface area contributed by atoms with Crippen molar-refractivity contribution >= 4 is 17.5 Å². The fourth-order valence-electron chi connectivity index (χ4n) is 4.02. The Labute approximate surface area is 161 Å². The Morgan fingerprint density at radius 1 is 1.04 bits per heavy atom. The summed E-state index contributed by atoms with van der Waals surface area (Å²) < 4.78 is 5.72. The summed E-state index contributed by atoms with van der Waals surface area (Å²) >= 11 is 0. The molecule has 2 atom stereocenters. The van der Waals surface area contributed by atoms with Crippen molar-refractivity contribution in [2.24, 2.45) is 5.92 Å². The topological polar surface area (TPSA) is 61.9 Å². The van der Waals surface area contributed by atoms with Crippen LogP contribution in [0, 0.1) is 5.92 Å². The molecule has 0 radical (unpaired) electrons. The number of amides is 2. The average Bonchev–Trinajstić information content (AvgIpc) is 2.67. The summed E-state index contributed by atoms with van der Waals surface area (Å²) in [6, 6.07) is 9.91. The Morgan fingerprint density at radius 3 is 2.30 bits per heavy atom. The van der Waals surface area contributed by atoms with Gasteiger partial charge in [-0.3, -0.25) is 9.59 Å². The van der Waals surface area contributed by atoms with Crippen molar-refractivity contribution in [1.82, 2.24) is 9.80 Å². The Morgan fingerprint density at radius 2 is 1.67 bits per heavy atom. The highest BCUT2D eigenvalue weighted by Gasteiger charge is 2.33. The highest BCUT2D eigenvalue weighted by Crippen LogP contribution is 2.22. The van der Waals surface area contributed by atoms with Crippen LogP contribution in [0.15, 0.2) is 30.3 Å². The van der Waals surface area contributed by atoms with Gasteiger partial charge < -0.3 is 19.9 Å². The molecule has 2 saturated heterocycles. The van der Waals surface area contributed by atoms with E-state index in [2.05, 4.69) is 5.32 Å². The van der Waals surface area contributed by atoms with Gasteiger partial charge in [0.25, 0.3) is 0 Å². The average molecular weight is 373 g/mol. The van der Waals surface area contributed by atoms with Gasteiger partial charge in [0.1, 0.15) is 0 Å². The SMILES string of the molecule is CC1CN(C(=O)C2CCN(C(=O)CCNc3ccccc3)CC2)CC(C)O1. The van der Waals surface area contributed by atoms with E-state index in [1.54, 1.807) is 0 Å². The molecule has 2 unspecified atom stereocenters. The van der Waals surface area contributed by atoms with Gasteiger partial charge in [0.2, 0.25) is 11.8 Å². The van der Waals surface area contributed by atoms with Crippen LogP contribution in [0.5, 0.6) is 0 Å². The monoisotopic (exact) mass is 373 g/mol. The van der Waals surface area contributed by atoms with Crippen LogP contribution in [0.4, 0.5) is 5.69 Å². The maximum absolute atomic E-state index is 12.8. The number of piperidine rings is 1. The van der Waals surface area contributed by atoms with Gasteiger partial charge in [-0.1, -0.05) is 18.2 Å². The zero-order chi connectivity index (χ0) is 19.2. The zero-order valence-electron chi connectivity index (χ0n) is 16.4. The van der Waals surface area contributed by atoms with Crippen LogP contribution >= 0.6 is 0 Å². The van der Waals surface area contributed by atoms with Crippen LogP contribution in [-0.4, -0.2) is 66.5 Å². The minimum absolute atomic E-state index is 0.0361. The number of hydrogen-bond donors (Lipinski definition) is 1. The van der Waals surface area contributed by atoms with Crippen LogP contribution in [0.2, 0.25) is 0 Å². The number of carbonyl (C=O) groups excluding carboxylic acids is 2. The van der Waals surface area contributed by atoms with E-state index in [0.29, 0.717) is 39.1 Å². The van der Waals surface area contributed by atoms with Gasteiger partial charge in [-0.25, -0.2) is 0 Å². The molecule has 6 heteroatoms. The Balaban J connectivity index is 1.40. The van der Waals surface area contributed by atoms with Crippen LogP contribution < -0.4 is 5.32 Å². The van der Waals surface area contributed by atoms with Crippen molar-refractivity contribution in [3.05, 3.63) is 30.3 Å². The third kappa shape index (κ3) is 5.45. The lowest BCUT2D eigenvalue weighted by molar-refractivity contribution is -0.150. The maximum Gasteiger partial charge on any atom is 0.225 e. The lowest BCUT2D eigenvalue weighted by atomic mass is 9.94. The summed E-state index contributed by atoms with van der Waals surface area (Å²) in [5, 5.41) is 3.27. The molecular formula is C21H31N3O3. The predicted octanol–water partition coefficient (Wildman–Crippen LogP) is 2.36. The van der Waals surface area contributed by atoms with Gasteiger partial charge in [-0.2, -0.15) is 0 Å². The maximum atomic E-state index is 12.8. The molecule has 0 aromatic heterocycles. The number of likely N-dealkylation sites (tertiary alicyclic amines) is 1. The van der Waals surface area contributed by atoms with E-state index in [0.717, 1.165) is 18.5 Å². The number of para-hydroxylation sites is 1. The van der Waals surface area contributed by atoms with Crippen LogP contribution in [0.1, 0.15) is 33.1 Å². The minimum atomic E-state index is 0.0361. The number of morpholine rings is 1. The van der Waals surface area contributed by atoms with Crippen molar-refractivity contribution < 1.29 is 14.3 Å². The fraction of sp³-hybridized carbons (Fsp3) is 0.619. The molecule has 2 aliphatic heterocycles. The first-order valence-corrected chi connectivity index (χ1v) is 10.0. The largest absolute Gasteiger partial charge is 0.385 e. The molecule has 27 heavy (non-hydrogen) atoms. The molecule has 1 N–H and O–H groups in total. The second-order valence-corrected chi connectivity index (χ2v) is 7.70. The summed E-state index contributed by atoms with van der Waals surface area (Å²) in [6.07, 6.45) is 2.19. The molecule has 1 aromatic rings. The lowest BCUT2D eigenvalue weighted by Crippen LogP contribution is -2.51. The van der Waals surface area contributed by atoms with Crippen LogP contribution in [0.3, 0.4) is 0 Å². The van der Waals surface area contributed by atoms with E-state index in [9.17, 15) is 9.59 Å². The Hall–Kier alpha value is -2.08. The third-order valence-corrected chi connectivity index (χ3v) is 5.37. The summed E-state index contributed by atoms with van der Waals surface area (Å²) in [6.45, 7) is 7.36. The molecule has 2 heterocycles. The van der Waals surface area contributed by atoms with E-state index in [1.165, 1.54) is 0 Å². The minimum Gasteiger partial charge on any atom is -0.385 e. The Bertz CT molecular complexity index is 619. The number of nitrogens with one attached hydrogen (secondary N) is 1. The molecule has 0 spiro atoms. The van der Waals surface area contributed by atoms with Gasteiger partial charge in [0, 0.05) is 50.7 Å². The second-order valence-electron chi connectivity index (χ2n) is 7.70. The number of anilines is 1. The van der Waals surface area contributed by atoms with Crippen LogP contribution in [0.25, 0.3) is 0 Å². The van der Waals surface area contributed by atoms with Gasteiger partial charge in [0.05, 0.1) is 12.2 Å². The fourth-order valence-corrected chi connectivity index (χ4v) is 4.02. The smallest absolute Gasteiger partial charge is 0.225 e. The highest BCUT2D eigenvalue weighted by atomic mass is 16.5. The molecule has 0 saturated carbocycles. The molecule has 2 fully saturated rings. The second kappa shape index (κ2) is 9.22. The molecular weight excluding hydrogens is 342 g/mol. The predicted molar refractivity (Wildman–Crippen MR) is 105 cm³/mol. The van der Waals surface area contributed by atoms with Crippen molar-refractivity contribution in [2.75, 3.05) is 38.0 Å². The van der Waals surface area contributed by atoms with Gasteiger partial charge >= 0.3 is 0 Å². The van der Waals surface area contributed by atoms with Crippen molar-refractivity contribution in [1.29, 1.82) is 0 Å². The summed E-state index contributed by atoms with van der Waals surface area (Å²) in [4.78, 5) is 29.1. The first kappa shape index (κ1) is 19.7. The van der Waals surface area contributed by atoms with Gasteiger partial charge in [-0.05, 0) is 38.8 Å². The van der Waals surface area contributed by atoms with E-state index >= 15 is 0 Å². The van der Waals surface area contributed by atoms with E-state index < -0.39 is 0 Å². The first-order valence-electron chi connectivity index (χ1n) is 10.0. The van der Waals surface area contributed by atoms with Gasteiger partial charge in [-0.15, -0.1) is 0 Å². The van der Waals surface area contributed by atoms with E-state index in [4.69, 9.17) is 4.74 Å². The van der Waals surface area contributed by atoms with E-state index in [-0.39, 0.29) is 29.9 Å². The number of hydrogen-bond acceptors (Lipinski definition) is 4. The summed E-state index contributed by atoms with van der Waals surface area (Å²) in [7, 11) is 0. The quantitative estimate of drug-likeness (QED) is 0.861. The summed E-state index contributed by atoms with van der Waals surface area (Å²) in [5.41, 5.74) is 1.03. The summed E-state index contributed by atoms with van der Waals surface area (Å²) in [5.74, 6) is 0.432. The Kier molecular flexibility index (Phi) is 6.72. The lowest BCUT2D eigenvalue weighted by Gasteiger charge is -2.39. The molecule has 6 nitrogen and oxygen atoms in total. The zero-order valence-corrected chi connectivity index (χ0v) is 16.4. The number of carbonyl (C=O) groups is 2. The van der Waals surface area contributed by atoms with Crippen molar-refractivity contribution in [2.45, 2.75) is 45.3 Å². The standard InChI is InChI=1S/C21H31N3O3/c1-16-14-24(15-17(2)27-16)21(26)18-9-12-23(13-10-18)20(25)8-11-22-19-6-4-3-5-7-19/h3-7,16-18,22H,8-15H2,1-2H3. The molecule has 3 rings (SSSR count). The molecule has 0 bridgehead atoms. The van der Waals surface area contributed by atoms with Gasteiger partial charge in [0.15, 0.2) is 0 Å². The number of rotatable bonds is 5. The molecule has 0 aliphatic carbocycles. The first-order chi connectivity index (χ1) is 13.0. The van der Waals surface area contributed by atoms with E-state index in [1.807, 2.05) is 54.0 Å². The highest BCUT2D eigenvalue weighted by molar-refractivity contribution is 5.80. The molecule has 2 amide bonds.